The Bertz CT molecular complexity index is 552. The van der Waals surface area contributed by atoms with Crippen molar-refractivity contribution in [2.24, 2.45) is 0 Å². The second-order valence-electron chi connectivity index (χ2n) is 5.69. The maximum atomic E-state index is 6.19. The molecule has 2 unspecified atom stereocenters. The Morgan fingerprint density at radius 2 is 1.55 bits per heavy atom. The minimum absolute atomic E-state index is 0.582. The third kappa shape index (κ3) is 3.04. The van der Waals surface area contributed by atoms with E-state index >= 15 is 0 Å². The van der Waals surface area contributed by atoms with Crippen LogP contribution >= 0.6 is 11.6 Å². The van der Waals surface area contributed by atoms with E-state index in [9.17, 15) is 0 Å². The van der Waals surface area contributed by atoms with Crippen LogP contribution in [-0.4, -0.2) is 4.98 Å². The molecule has 1 aromatic heterocycles. The minimum Gasteiger partial charge on any atom is -0.265 e. The van der Waals surface area contributed by atoms with Crippen LogP contribution in [0, 0.1) is 0 Å². The Kier molecular flexibility index (Phi) is 4.37. The van der Waals surface area contributed by atoms with Gasteiger partial charge in [-0.05, 0) is 60.1 Å². The number of hydrogen-bond acceptors (Lipinski definition) is 1. The van der Waals surface area contributed by atoms with Crippen molar-refractivity contribution in [2.45, 2.75) is 43.9 Å². The molecule has 0 aliphatic heterocycles. The van der Waals surface area contributed by atoms with E-state index in [4.69, 9.17) is 11.6 Å². The van der Waals surface area contributed by atoms with Gasteiger partial charge in [-0.3, -0.25) is 4.98 Å². The minimum atomic E-state index is 0.582. The summed E-state index contributed by atoms with van der Waals surface area (Å²) in [5.41, 5.74) is 2.81. The molecule has 0 N–H and O–H groups in total. The zero-order valence-corrected chi connectivity index (χ0v) is 12.4. The highest BCUT2D eigenvalue weighted by Crippen LogP contribution is 2.43. The molecule has 3 rings (SSSR count). The molecule has 1 heterocycles. The first kappa shape index (κ1) is 13.6. The molecule has 1 nitrogen and oxygen atoms in total. The molecule has 2 atom stereocenters. The van der Waals surface area contributed by atoms with E-state index in [1.807, 2.05) is 18.5 Å². The van der Waals surface area contributed by atoms with Gasteiger partial charge >= 0.3 is 0 Å². The normalized spacial score (nSPS) is 23.2. The molecular formula is C18H20ClN. The molecule has 0 saturated heterocycles. The largest absolute Gasteiger partial charge is 0.265 e. The van der Waals surface area contributed by atoms with Gasteiger partial charge in [-0.15, -0.1) is 0 Å². The number of nitrogens with zero attached hydrogens (tertiary/aromatic N) is 1. The highest BCUT2D eigenvalue weighted by molar-refractivity contribution is 6.30. The van der Waals surface area contributed by atoms with E-state index in [0.29, 0.717) is 11.8 Å². The molecular weight excluding hydrogens is 266 g/mol. The Morgan fingerprint density at radius 3 is 2.25 bits per heavy atom. The summed E-state index contributed by atoms with van der Waals surface area (Å²) in [6, 6.07) is 12.8. The van der Waals surface area contributed by atoms with Gasteiger partial charge in [0.1, 0.15) is 0 Å². The zero-order chi connectivity index (χ0) is 13.8. The smallest absolute Gasteiger partial charge is 0.0408 e. The Balaban J connectivity index is 1.96. The summed E-state index contributed by atoms with van der Waals surface area (Å²) in [5.74, 6) is 1.18. The van der Waals surface area contributed by atoms with Gasteiger partial charge in [0.2, 0.25) is 0 Å². The molecule has 20 heavy (non-hydrogen) atoms. The fourth-order valence-electron chi connectivity index (χ4n) is 3.45. The van der Waals surface area contributed by atoms with Crippen molar-refractivity contribution in [1.82, 2.24) is 4.98 Å². The summed E-state index contributed by atoms with van der Waals surface area (Å²) in [5, 5.41) is 0.847. The van der Waals surface area contributed by atoms with Gasteiger partial charge < -0.3 is 0 Å². The van der Waals surface area contributed by atoms with Crippen molar-refractivity contribution < 1.29 is 0 Å². The van der Waals surface area contributed by atoms with Crippen molar-refractivity contribution in [3.63, 3.8) is 0 Å². The van der Waals surface area contributed by atoms with Gasteiger partial charge in [0.05, 0.1) is 0 Å². The lowest BCUT2D eigenvalue weighted by molar-refractivity contribution is 0.510. The maximum absolute atomic E-state index is 6.19. The van der Waals surface area contributed by atoms with E-state index < -0.39 is 0 Å². The first-order valence-corrected chi connectivity index (χ1v) is 7.88. The van der Waals surface area contributed by atoms with Gasteiger partial charge in [0, 0.05) is 17.4 Å². The maximum Gasteiger partial charge on any atom is 0.0408 e. The summed E-state index contributed by atoms with van der Waals surface area (Å²) < 4.78 is 0. The van der Waals surface area contributed by atoms with E-state index in [0.717, 1.165) is 5.02 Å². The molecule has 1 aromatic carbocycles. The summed E-state index contributed by atoms with van der Waals surface area (Å²) in [7, 11) is 0. The number of halogens is 1. The van der Waals surface area contributed by atoms with Crippen LogP contribution in [0.15, 0.2) is 48.8 Å². The lowest BCUT2D eigenvalue weighted by Crippen LogP contribution is -2.10. The Morgan fingerprint density at radius 1 is 0.850 bits per heavy atom. The molecule has 0 amide bonds. The predicted molar refractivity (Wildman–Crippen MR) is 84.3 cm³/mol. The van der Waals surface area contributed by atoms with Gasteiger partial charge in [-0.1, -0.05) is 43.0 Å². The molecule has 0 bridgehead atoms. The van der Waals surface area contributed by atoms with Crippen molar-refractivity contribution >= 4 is 11.6 Å². The van der Waals surface area contributed by atoms with E-state index in [-0.39, 0.29) is 0 Å². The highest BCUT2D eigenvalue weighted by Gasteiger charge is 2.26. The number of aromatic nitrogens is 1. The number of rotatable bonds is 2. The molecule has 1 aliphatic rings. The van der Waals surface area contributed by atoms with Gasteiger partial charge in [-0.2, -0.15) is 0 Å². The van der Waals surface area contributed by atoms with Crippen LogP contribution in [0.4, 0.5) is 0 Å². The van der Waals surface area contributed by atoms with E-state index in [2.05, 4.69) is 35.3 Å². The van der Waals surface area contributed by atoms with Crippen LogP contribution in [0.25, 0.3) is 0 Å². The number of pyridine rings is 1. The summed E-state index contributed by atoms with van der Waals surface area (Å²) in [4.78, 5) is 4.15. The lowest BCUT2D eigenvalue weighted by atomic mass is 9.79. The third-order valence-corrected chi connectivity index (χ3v) is 4.66. The number of benzene rings is 1. The fourth-order valence-corrected chi connectivity index (χ4v) is 3.65. The molecule has 2 aromatic rings. The first-order chi connectivity index (χ1) is 9.84. The topological polar surface area (TPSA) is 12.9 Å². The van der Waals surface area contributed by atoms with Crippen molar-refractivity contribution in [1.29, 1.82) is 0 Å². The predicted octanol–water partition coefficient (Wildman–Crippen LogP) is 5.57. The summed E-state index contributed by atoms with van der Waals surface area (Å²) >= 11 is 6.19. The fraction of sp³-hybridized carbons (Fsp3) is 0.389. The summed E-state index contributed by atoms with van der Waals surface area (Å²) in [6.07, 6.45) is 10.3. The molecule has 1 saturated carbocycles. The summed E-state index contributed by atoms with van der Waals surface area (Å²) in [6.45, 7) is 0. The first-order valence-electron chi connectivity index (χ1n) is 7.50. The van der Waals surface area contributed by atoms with E-state index in [1.54, 1.807) is 0 Å². The van der Waals surface area contributed by atoms with Crippen LogP contribution in [0.5, 0.6) is 0 Å². The molecule has 0 radical (unpaired) electrons. The second-order valence-corrected chi connectivity index (χ2v) is 6.12. The molecule has 104 valence electrons. The van der Waals surface area contributed by atoms with Crippen LogP contribution in [0.2, 0.25) is 5.02 Å². The highest BCUT2D eigenvalue weighted by atomic mass is 35.5. The average Bonchev–Trinajstić information content (AvgIpc) is 2.74. The third-order valence-electron chi connectivity index (χ3n) is 4.43. The SMILES string of the molecule is Clc1cccc(C2CCCCCC2c2ccncc2)c1. The molecule has 1 aliphatic carbocycles. The van der Waals surface area contributed by atoms with Gasteiger partial charge in [0.15, 0.2) is 0 Å². The van der Waals surface area contributed by atoms with Crippen molar-refractivity contribution in [3.8, 4) is 0 Å². The van der Waals surface area contributed by atoms with Crippen molar-refractivity contribution in [3.05, 3.63) is 64.9 Å². The Labute approximate surface area is 126 Å². The zero-order valence-electron chi connectivity index (χ0n) is 11.6. The standard InChI is InChI=1S/C18H20ClN/c19-16-6-4-5-15(13-16)18-8-3-1-2-7-17(18)14-9-11-20-12-10-14/h4-6,9-13,17-18H,1-3,7-8H2. The molecule has 2 heteroatoms. The van der Waals surface area contributed by atoms with Gasteiger partial charge in [-0.25, -0.2) is 0 Å². The van der Waals surface area contributed by atoms with Crippen LogP contribution in [0.1, 0.15) is 55.1 Å². The monoisotopic (exact) mass is 285 g/mol. The van der Waals surface area contributed by atoms with Crippen LogP contribution in [-0.2, 0) is 0 Å². The van der Waals surface area contributed by atoms with Crippen molar-refractivity contribution in [2.75, 3.05) is 0 Å². The Hall–Kier alpha value is -1.34. The second kappa shape index (κ2) is 6.41. The lowest BCUT2D eigenvalue weighted by Gasteiger charge is -2.26. The quantitative estimate of drug-likeness (QED) is 0.658. The van der Waals surface area contributed by atoms with Crippen LogP contribution < -0.4 is 0 Å². The number of hydrogen-bond donors (Lipinski definition) is 0. The molecule has 0 spiro atoms. The molecule has 1 fully saturated rings. The van der Waals surface area contributed by atoms with Gasteiger partial charge in [0.25, 0.3) is 0 Å². The van der Waals surface area contributed by atoms with Crippen LogP contribution in [0.3, 0.4) is 0 Å². The average molecular weight is 286 g/mol. The van der Waals surface area contributed by atoms with E-state index in [1.165, 1.54) is 43.2 Å².